The first kappa shape index (κ1) is 20.0. The molecule has 0 N–H and O–H groups in total. The van der Waals surface area contributed by atoms with Crippen LogP contribution in [-0.2, 0) is 4.79 Å². The van der Waals surface area contributed by atoms with Crippen molar-refractivity contribution in [2.75, 3.05) is 7.11 Å². The molecule has 6 nitrogen and oxygen atoms in total. The van der Waals surface area contributed by atoms with Crippen LogP contribution in [0.4, 0.5) is 0 Å². The summed E-state index contributed by atoms with van der Waals surface area (Å²) in [5, 5.41) is 8.71. The van der Waals surface area contributed by atoms with Gasteiger partial charge in [-0.25, -0.2) is 0 Å². The zero-order valence-corrected chi connectivity index (χ0v) is 18.0. The number of hydrogen-bond acceptors (Lipinski definition) is 5. The molecule has 0 bridgehead atoms. The lowest BCUT2D eigenvalue weighted by Gasteiger charge is -2.14. The molecule has 1 aliphatic rings. The molecule has 0 fully saturated rings. The third-order valence-corrected chi connectivity index (χ3v) is 5.50. The Morgan fingerprint density at radius 2 is 1.83 bits per heavy atom. The van der Waals surface area contributed by atoms with E-state index in [2.05, 4.69) is 41.4 Å². The largest absolute Gasteiger partial charge is 0.497 e. The summed E-state index contributed by atoms with van der Waals surface area (Å²) < 4.78 is 7.51. The molecule has 1 atom stereocenters. The van der Waals surface area contributed by atoms with E-state index >= 15 is 0 Å². The molecule has 154 valence electrons. The fourth-order valence-corrected chi connectivity index (χ4v) is 3.71. The van der Waals surface area contributed by atoms with Crippen LogP contribution >= 0.6 is 0 Å². The lowest BCUT2D eigenvalue weighted by molar-refractivity contribution is -0.122. The third kappa shape index (κ3) is 3.54. The van der Waals surface area contributed by atoms with Crippen LogP contribution in [0.1, 0.15) is 54.6 Å². The smallest absolute Gasteiger partial charge is 0.162 e. The molecule has 0 radical (unpaired) electrons. The summed E-state index contributed by atoms with van der Waals surface area (Å²) in [4.78, 5) is 17.7. The van der Waals surface area contributed by atoms with Crippen molar-refractivity contribution in [3.05, 3.63) is 70.8 Å². The van der Waals surface area contributed by atoms with Crippen LogP contribution in [0, 0.1) is 19.8 Å². The fourth-order valence-electron chi connectivity index (χ4n) is 3.71. The summed E-state index contributed by atoms with van der Waals surface area (Å²) in [7, 11) is 1.65. The van der Waals surface area contributed by atoms with E-state index in [1.54, 1.807) is 7.11 Å². The number of fused-ring (bicyclic) bond motifs is 3. The van der Waals surface area contributed by atoms with Crippen LogP contribution in [0.15, 0.2) is 47.5 Å². The normalized spacial score (nSPS) is 15.3. The first-order valence-corrected chi connectivity index (χ1v) is 10.2. The number of carbonyl (C=O) groups is 1. The van der Waals surface area contributed by atoms with Gasteiger partial charge >= 0.3 is 0 Å². The van der Waals surface area contributed by atoms with Crippen molar-refractivity contribution in [2.24, 2.45) is 10.9 Å². The maximum absolute atomic E-state index is 12.7. The summed E-state index contributed by atoms with van der Waals surface area (Å²) in [5.41, 5.74) is 4.87. The summed E-state index contributed by atoms with van der Waals surface area (Å²) in [6.45, 7) is 7.81. The number of hydrogen-bond donors (Lipinski definition) is 0. The van der Waals surface area contributed by atoms with E-state index in [0.717, 1.165) is 34.1 Å². The van der Waals surface area contributed by atoms with Crippen molar-refractivity contribution in [1.82, 2.24) is 14.8 Å². The molecule has 0 spiro atoms. The lowest BCUT2D eigenvalue weighted by Crippen LogP contribution is -2.14. The average Bonchev–Trinajstić information content (AvgIpc) is 3.06. The second kappa shape index (κ2) is 7.86. The first-order chi connectivity index (χ1) is 14.4. The van der Waals surface area contributed by atoms with E-state index in [-0.39, 0.29) is 18.1 Å². The van der Waals surface area contributed by atoms with Gasteiger partial charge in [0.2, 0.25) is 0 Å². The van der Waals surface area contributed by atoms with E-state index < -0.39 is 6.04 Å². The molecular formula is C24H26N4O2. The lowest BCUT2D eigenvalue weighted by atomic mass is 9.98. The molecule has 6 heteroatoms. The Morgan fingerprint density at radius 3 is 2.50 bits per heavy atom. The fraction of sp³-hybridized carbons (Fsp3) is 0.333. The Morgan fingerprint density at radius 1 is 1.10 bits per heavy atom. The highest BCUT2D eigenvalue weighted by Gasteiger charge is 2.30. The number of Topliss-reactive ketones (excluding diaryl/α,β-unsaturated/α-hetero) is 1. The number of carbonyl (C=O) groups excluding carboxylic acids is 1. The summed E-state index contributed by atoms with van der Waals surface area (Å²) in [5.74, 6) is 2.29. The molecule has 0 aliphatic carbocycles. The molecule has 0 amide bonds. The zero-order valence-electron chi connectivity index (χ0n) is 18.0. The van der Waals surface area contributed by atoms with E-state index in [4.69, 9.17) is 9.73 Å². The Bertz CT molecular complexity index is 1130. The molecule has 0 unspecified atom stereocenters. The summed E-state index contributed by atoms with van der Waals surface area (Å²) >= 11 is 0. The molecule has 3 aromatic rings. The summed E-state index contributed by atoms with van der Waals surface area (Å²) in [6, 6.07) is 13.8. The number of ether oxygens (including phenoxy) is 1. The molecule has 4 rings (SSSR count). The van der Waals surface area contributed by atoms with E-state index in [0.29, 0.717) is 5.82 Å². The van der Waals surface area contributed by atoms with Crippen LogP contribution in [0.25, 0.3) is 5.69 Å². The maximum Gasteiger partial charge on any atom is 0.162 e. The van der Waals surface area contributed by atoms with Gasteiger partial charge in [-0.1, -0.05) is 43.7 Å². The van der Waals surface area contributed by atoms with Gasteiger partial charge in [-0.3, -0.25) is 14.4 Å². The third-order valence-electron chi connectivity index (χ3n) is 5.50. The van der Waals surface area contributed by atoms with Crippen LogP contribution in [0.2, 0.25) is 0 Å². The van der Waals surface area contributed by atoms with Crippen LogP contribution < -0.4 is 4.74 Å². The molecule has 2 heterocycles. The molecule has 1 aromatic heterocycles. The predicted octanol–water partition coefficient (Wildman–Crippen LogP) is 4.40. The first-order valence-electron chi connectivity index (χ1n) is 10.2. The van der Waals surface area contributed by atoms with E-state index in [9.17, 15) is 4.79 Å². The number of aryl methyl sites for hydroxylation is 2. The monoisotopic (exact) mass is 402 g/mol. The average molecular weight is 402 g/mol. The second-order valence-corrected chi connectivity index (χ2v) is 8.01. The van der Waals surface area contributed by atoms with Gasteiger partial charge in [0, 0.05) is 23.5 Å². The Kier molecular flexibility index (Phi) is 5.24. The number of methoxy groups -OCH3 is 1. The van der Waals surface area contributed by atoms with E-state index in [1.807, 2.05) is 43.5 Å². The Hall–Kier alpha value is -3.28. The quantitative estimate of drug-likeness (QED) is 0.634. The van der Waals surface area contributed by atoms with Gasteiger partial charge in [-0.2, -0.15) is 0 Å². The molecule has 2 aromatic carbocycles. The number of aromatic nitrogens is 3. The second-order valence-electron chi connectivity index (χ2n) is 8.01. The van der Waals surface area contributed by atoms with Crippen molar-refractivity contribution in [3.8, 4) is 11.4 Å². The minimum Gasteiger partial charge on any atom is -0.497 e. The standard InChI is InChI=1S/C24H26N4O2/c1-14(2)22(29)13-20-24-27-26-16(4)28(24)21-11-10-18(30-5)12-19(21)23(25-20)17-8-6-15(3)7-9-17/h6-12,14,20H,13H2,1-5H3/t20-/m0/s1. The van der Waals surface area contributed by atoms with Crippen molar-refractivity contribution >= 4 is 11.5 Å². The predicted molar refractivity (Wildman–Crippen MR) is 117 cm³/mol. The topological polar surface area (TPSA) is 69.4 Å². The SMILES string of the molecule is COc1ccc2c(c1)C(c1ccc(C)cc1)=N[C@@H](CC(=O)C(C)C)c1nnc(C)n1-2. The maximum atomic E-state index is 12.7. The van der Waals surface area contributed by atoms with Crippen molar-refractivity contribution < 1.29 is 9.53 Å². The minimum absolute atomic E-state index is 0.0637. The molecule has 0 saturated carbocycles. The Labute approximate surface area is 176 Å². The highest BCUT2D eigenvalue weighted by Crippen LogP contribution is 2.34. The highest BCUT2D eigenvalue weighted by molar-refractivity contribution is 6.15. The van der Waals surface area contributed by atoms with Gasteiger partial charge in [0.05, 0.1) is 18.5 Å². The van der Waals surface area contributed by atoms with Gasteiger partial charge < -0.3 is 4.74 Å². The van der Waals surface area contributed by atoms with Crippen LogP contribution in [-0.4, -0.2) is 33.4 Å². The molecule has 30 heavy (non-hydrogen) atoms. The number of ketones is 1. The van der Waals surface area contributed by atoms with Crippen molar-refractivity contribution in [3.63, 3.8) is 0 Å². The molecule has 1 aliphatic heterocycles. The number of rotatable bonds is 5. The highest BCUT2D eigenvalue weighted by atomic mass is 16.5. The number of aliphatic imine (C=N–C) groups is 1. The van der Waals surface area contributed by atoms with Crippen molar-refractivity contribution in [1.29, 1.82) is 0 Å². The van der Waals surface area contributed by atoms with Gasteiger partial charge in [-0.05, 0) is 32.0 Å². The van der Waals surface area contributed by atoms with Crippen LogP contribution in [0.5, 0.6) is 5.75 Å². The van der Waals surface area contributed by atoms with Gasteiger partial charge in [0.25, 0.3) is 0 Å². The van der Waals surface area contributed by atoms with Gasteiger partial charge in [-0.15, -0.1) is 10.2 Å². The number of nitrogens with zero attached hydrogens (tertiary/aromatic N) is 4. The van der Waals surface area contributed by atoms with Gasteiger partial charge in [0.1, 0.15) is 23.4 Å². The molecular weight excluding hydrogens is 376 g/mol. The zero-order chi connectivity index (χ0) is 21.4. The van der Waals surface area contributed by atoms with Crippen molar-refractivity contribution in [2.45, 2.75) is 40.2 Å². The van der Waals surface area contributed by atoms with Crippen LogP contribution in [0.3, 0.4) is 0 Å². The van der Waals surface area contributed by atoms with E-state index in [1.165, 1.54) is 5.56 Å². The number of benzene rings is 2. The minimum atomic E-state index is -0.407. The summed E-state index contributed by atoms with van der Waals surface area (Å²) in [6.07, 6.45) is 0.288. The Balaban J connectivity index is 1.98. The molecule has 0 saturated heterocycles. The van der Waals surface area contributed by atoms with Gasteiger partial charge in [0.15, 0.2) is 5.82 Å².